The normalized spacial score (nSPS) is 11.4. The first-order valence-electron chi connectivity index (χ1n) is 9.15. The molecule has 4 rings (SSSR count). The lowest BCUT2D eigenvalue weighted by Crippen LogP contribution is -2.16. The number of anilines is 1. The third-order valence-electron chi connectivity index (χ3n) is 4.38. The molecule has 0 radical (unpaired) electrons. The van der Waals surface area contributed by atoms with E-state index in [0.717, 1.165) is 18.2 Å². The molecule has 2 heterocycles. The molecule has 1 N–H and O–H groups in total. The van der Waals surface area contributed by atoms with E-state index < -0.39 is 41.6 Å². The molecule has 0 bridgehead atoms. The molecular weight excluding hydrogens is 453 g/mol. The van der Waals surface area contributed by atoms with Gasteiger partial charge in [-0.05, 0) is 48.5 Å². The molecule has 12 heteroatoms. The van der Waals surface area contributed by atoms with Crippen molar-refractivity contribution >= 4 is 11.6 Å². The summed E-state index contributed by atoms with van der Waals surface area (Å²) >= 11 is 0. The lowest BCUT2D eigenvalue weighted by atomic mass is 10.1. The summed E-state index contributed by atoms with van der Waals surface area (Å²) in [5, 5.41) is 9.80. The van der Waals surface area contributed by atoms with E-state index in [1.807, 2.05) is 0 Å². The van der Waals surface area contributed by atoms with Crippen LogP contribution >= 0.6 is 0 Å². The molecule has 7 nitrogen and oxygen atoms in total. The van der Waals surface area contributed by atoms with Crippen LogP contribution in [0.2, 0.25) is 0 Å². The monoisotopic (exact) mass is 465 g/mol. The average molecular weight is 465 g/mol. The number of ether oxygens (including phenoxy) is 1. The molecule has 0 aliphatic rings. The predicted octanol–water partition coefficient (Wildman–Crippen LogP) is 5.71. The molecule has 0 saturated heterocycles. The molecule has 0 saturated carbocycles. The van der Waals surface area contributed by atoms with Crippen molar-refractivity contribution in [1.82, 2.24) is 10.2 Å². The zero-order valence-corrected chi connectivity index (χ0v) is 16.3. The fourth-order valence-electron chi connectivity index (χ4n) is 2.85. The van der Waals surface area contributed by atoms with Gasteiger partial charge in [-0.2, -0.15) is 13.2 Å². The summed E-state index contributed by atoms with van der Waals surface area (Å²) in [6.07, 6.45) is -3.36. The second kappa shape index (κ2) is 8.73. The first-order valence-corrected chi connectivity index (χ1v) is 9.15. The minimum atomic E-state index is -4.77. The van der Waals surface area contributed by atoms with Crippen molar-refractivity contribution in [3.63, 3.8) is 0 Å². The second-order valence-corrected chi connectivity index (χ2v) is 6.50. The number of nitrogens with one attached hydrogen (secondary N) is 1. The van der Waals surface area contributed by atoms with Crippen molar-refractivity contribution < 1.29 is 40.3 Å². The third-order valence-corrected chi connectivity index (χ3v) is 4.38. The first kappa shape index (κ1) is 22.0. The Morgan fingerprint density at radius 1 is 1.06 bits per heavy atom. The summed E-state index contributed by atoms with van der Waals surface area (Å²) in [6.45, 7) is -1.38. The topological polar surface area (TPSA) is 90.4 Å². The Morgan fingerprint density at radius 2 is 1.85 bits per heavy atom. The maximum Gasteiger partial charge on any atom is 0.416 e. The van der Waals surface area contributed by atoms with Crippen LogP contribution < -0.4 is 10.1 Å². The van der Waals surface area contributed by atoms with Crippen LogP contribution in [0.5, 0.6) is 5.75 Å². The smallest absolute Gasteiger partial charge is 0.416 e. The first-order chi connectivity index (χ1) is 15.8. The van der Waals surface area contributed by atoms with Crippen LogP contribution in [-0.4, -0.2) is 23.0 Å². The molecule has 170 valence electrons. The van der Waals surface area contributed by atoms with Gasteiger partial charge in [-0.15, -0.1) is 10.2 Å². The van der Waals surface area contributed by atoms with E-state index in [1.165, 1.54) is 12.3 Å². The van der Waals surface area contributed by atoms with Gasteiger partial charge in [0, 0.05) is 5.56 Å². The highest BCUT2D eigenvalue weighted by Crippen LogP contribution is 2.33. The lowest BCUT2D eigenvalue weighted by Gasteiger charge is -2.14. The van der Waals surface area contributed by atoms with Crippen LogP contribution in [0.3, 0.4) is 0 Å². The van der Waals surface area contributed by atoms with E-state index in [2.05, 4.69) is 20.3 Å². The summed E-state index contributed by atoms with van der Waals surface area (Å²) in [4.78, 5) is 12.6. The van der Waals surface area contributed by atoms with Crippen LogP contribution in [0.25, 0.3) is 23.1 Å². The quantitative estimate of drug-likeness (QED) is 0.367. The molecule has 1 amide bonds. The lowest BCUT2D eigenvalue weighted by molar-refractivity contribution is -0.137. The SMILES string of the molecule is O=C(Nc1cc(-c2nnc(-c3ccco3)o2)ccc1F)c1cc(C(F)(F)F)ccc1OCF. The minimum Gasteiger partial charge on any atom is -0.462 e. The Balaban J connectivity index is 1.64. The van der Waals surface area contributed by atoms with E-state index in [0.29, 0.717) is 17.9 Å². The summed E-state index contributed by atoms with van der Waals surface area (Å²) in [6, 6.07) is 8.55. The molecular formula is C21H12F5N3O4. The average Bonchev–Trinajstić information content (AvgIpc) is 3.47. The number of amides is 1. The largest absolute Gasteiger partial charge is 0.462 e. The molecule has 33 heavy (non-hydrogen) atoms. The van der Waals surface area contributed by atoms with Crippen molar-refractivity contribution in [2.75, 3.05) is 12.2 Å². The molecule has 0 aliphatic heterocycles. The number of nitrogens with zero attached hydrogens (tertiary/aromatic N) is 2. The highest BCUT2D eigenvalue weighted by atomic mass is 19.4. The zero-order chi connectivity index (χ0) is 23.6. The second-order valence-electron chi connectivity index (χ2n) is 6.50. The van der Waals surface area contributed by atoms with Gasteiger partial charge in [0.15, 0.2) is 5.76 Å². The van der Waals surface area contributed by atoms with Crippen molar-refractivity contribution in [3.8, 4) is 28.9 Å². The number of hydrogen-bond acceptors (Lipinski definition) is 6. The van der Waals surface area contributed by atoms with E-state index >= 15 is 0 Å². The number of furan rings is 1. The number of rotatable bonds is 6. The van der Waals surface area contributed by atoms with Gasteiger partial charge in [0.1, 0.15) is 11.6 Å². The molecule has 2 aromatic carbocycles. The van der Waals surface area contributed by atoms with E-state index in [9.17, 15) is 26.7 Å². The highest BCUT2D eigenvalue weighted by Gasteiger charge is 2.32. The van der Waals surface area contributed by atoms with Crippen LogP contribution in [0, 0.1) is 5.82 Å². The maximum atomic E-state index is 14.3. The van der Waals surface area contributed by atoms with Crippen molar-refractivity contribution in [2.45, 2.75) is 6.18 Å². The minimum absolute atomic E-state index is 0.0302. The number of halogens is 5. The van der Waals surface area contributed by atoms with Gasteiger partial charge < -0.3 is 18.9 Å². The molecule has 0 spiro atoms. The fraction of sp³-hybridized carbons (Fsp3) is 0.0952. The van der Waals surface area contributed by atoms with Gasteiger partial charge >= 0.3 is 6.18 Å². The van der Waals surface area contributed by atoms with E-state index in [1.54, 1.807) is 12.1 Å². The van der Waals surface area contributed by atoms with Crippen LogP contribution in [0.4, 0.5) is 27.6 Å². The van der Waals surface area contributed by atoms with Gasteiger partial charge in [-0.1, -0.05) is 0 Å². The van der Waals surface area contributed by atoms with Crippen LogP contribution in [0.1, 0.15) is 15.9 Å². The van der Waals surface area contributed by atoms with Crippen molar-refractivity contribution in [3.05, 3.63) is 71.7 Å². The van der Waals surface area contributed by atoms with Crippen LogP contribution in [0.15, 0.2) is 63.6 Å². The van der Waals surface area contributed by atoms with Crippen LogP contribution in [-0.2, 0) is 6.18 Å². The van der Waals surface area contributed by atoms with Gasteiger partial charge in [-0.25, -0.2) is 8.78 Å². The number of carbonyl (C=O) groups excluding carboxylic acids is 1. The molecule has 0 atom stereocenters. The summed E-state index contributed by atoms with van der Waals surface area (Å²) in [7, 11) is 0. The highest BCUT2D eigenvalue weighted by molar-refractivity contribution is 6.06. The van der Waals surface area contributed by atoms with Gasteiger partial charge in [-0.3, -0.25) is 4.79 Å². The molecule has 0 aliphatic carbocycles. The van der Waals surface area contributed by atoms with Crippen molar-refractivity contribution in [2.24, 2.45) is 0 Å². The fourth-order valence-corrected chi connectivity index (χ4v) is 2.85. The summed E-state index contributed by atoms with van der Waals surface area (Å²) < 4.78 is 81.3. The number of aromatic nitrogens is 2. The number of hydrogen-bond donors (Lipinski definition) is 1. The number of benzene rings is 2. The zero-order valence-electron chi connectivity index (χ0n) is 16.3. The van der Waals surface area contributed by atoms with E-state index in [4.69, 9.17) is 8.83 Å². The summed E-state index contributed by atoms with van der Waals surface area (Å²) in [5.74, 6) is -2.16. The van der Waals surface area contributed by atoms with E-state index in [-0.39, 0.29) is 23.0 Å². The molecule has 4 aromatic rings. The Bertz CT molecular complexity index is 1290. The Hall–Kier alpha value is -4.22. The molecule has 0 fully saturated rings. The number of carbonyl (C=O) groups is 1. The molecule has 2 aromatic heterocycles. The van der Waals surface area contributed by atoms with Crippen molar-refractivity contribution in [1.29, 1.82) is 0 Å². The van der Waals surface area contributed by atoms with Gasteiger partial charge in [0.2, 0.25) is 12.8 Å². The Kier molecular flexibility index (Phi) is 5.82. The molecule has 0 unspecified atom stereocenters. The third kappa shape index (κ3) is 4.68. The Labute approximate surface area is 181 Å². The Morgan fingerprint density at radius 3 is 2.55 bits per heavy atom. The standard InChI is InChI=1S/C21H12F5N3O4/c22-10-32-16-6-4-12(21(24,25)26)9-13(16)18(30)27-15-8-11(3-5-14(15)23)19-28-29-20(33-19)17-2-1-7-31-17/h1-9H,10H2,(H,27,30). The number of alkyl halides is 4. The van der Waals surface area contributed by atoms with Gasteiger partial charge in [0.05, 0.1) is 23.1 Å². The predicted molar refractivity (Wildman–Crippen MR) is 103 cm³/mol. The van der Waals surface area contributed by atoms with Gasteiger partial charge in [0.25, 0.3) is 11.8 Å². The maximum absolute atomic E-state index is 14.3. The summed E-state index contributed by atoms with van der Waals surface area (Å²) in [5.41, 5.74) is -1.98.